The van der Waals surface area contributed by atoms with E-state index in [-0.39, 0.29) is 41.2 Å². The Hall–Kier alpha value is -2.15. The van der Waals surface area contributed by atoms with Crippen LogP contribution >= 0.6 is 11.6 Å². The molecule has 0 saturated heterocycles. The van der Waals surface area contributed by atoms with Crippen molar-refractivity contribution in [1.29, 1.82) is 0 Å². The first-order valence-corrected chi connectivity index (χ1v) is 6.70. The van der Waals surface area contributed by atoms with Gasteiger partial charge in [-0.3, -0.25) is 19.7 Å². The van der Waals surface area contributed by atoms with Gasteiger partial charge in [0, 0.05) is 31.1 Å². The van der Waals surface area contributed by atoms with Crippen LogP contribution in [0.2, 0.25) is 5.02 Å². The van der Waals surface area contributed by atoms with Crippen LogP contribution in [0.1, 0.15) is 24.2 Å². The van der Waals surface area contributed by atoms with Gasteiger partial charge in [-0.05, 0) is 6.07 Å². The highest BCUT2D eigenvalue weighted by atomic mass is 35.5. The Balaban J connectivity index is 2.58. The van der Waals surface area contributed by atoms with Crippen molar-refractivity contribution < 1.29 is 14.5 Å². The van der Waals surface area contributed by atoms with Gasteiger partial charge in [-0.25, -0.2) is 0 Å². The van der Waals surface area contributed by atoms with Crippen molar-refractivity contribution in [3.8, 4) is 0 Å². The highest BCUT2D eigenvalue weighted by Crippen LogP contribution is 2.21. The van der Waals surface area contributed by atoms with Gasteiger partial charge in [0.25, 0.3) is 11.6 Å². The molecular formula is C13H16ClN3O4. The van der Waals surface area contributed by atoms with Crippen LogP contribution in [-0.2, 0) is 4.79 Å². The van der Waals surface area contributed by atoms with Gasteiger partial charge in [0.1, 0.15) is 0 Å². The molecule has 0 aromatic heterocycles. The fraction of sp³-hybridized carbons (Fsp3) is 0.385. The number of hydrogen-bond acceptors (Lipinski definition) is 4. The van der Waals surface area contributed by atoms with E-state index in [1.807, 2.05) is 0 Å². The number of benzene rings is 1. The second kappa shape index (κ2) is 7.58. The molecule has 1 aromatic rings. The van der Waals surface area contributed by atoms with Crippen molar-refractivity contribution >= 4 is 29.1 Å². The zero-order valence-corrected chi connectivity index (χ0v) is 12.4. The average Bonchev–Trinajstić information content (AvgIpc) is 2.43. The van der Waals surface area contributed by atoms with Crippen molar-refractivity contribution in [2.24, 2.45) is 5.92 Å². The summed E-state index contributed by atoms with van der Waals surface area (Å²) in [4.78, 5) is 33.3. The Morgan fingerprint density at radius 3 is 2.48 bits per heavy atom. The molecule has 0 aliphatic rings. The quantitative estimate of drug-likeness (QED) is 0.474. The molecule has 2 N–H and O–H groups in total. The van der Waals surface area contributed by atoms with Crippen molar-refractivity contribution in [3.05, 3.63) is 38.9 Å². The predicted molar refractivity (Wildman–Crippen MR) is 78.3 cm³/mol. The molecule has 8 heteroatoms. The summed E-state index contributed by atoms with van der Waals surface area (Å²) in [5.74, 6) is -0.771. The molecule has 0 unspecified atom stereocenters. The fourth-order valence-electron chi connectivity index (χ4n) is 1.46. The lowest BCUT2D eigenvalue weighted by Gasteiger charge is -2.09. The number of nitrogens with zero attached hydrogens (tertiary/aromatic N) is 1. The van der Waals surface area contributed by atoms with Gasteiger partial charge in [-0.15, -0.1) is 0 Å². The van der Waals surface area contributed by atoms with Crippen LogP contribution in [0.15, 0.2) is 18.2 Å². The Morgan fingerprint density at radius 1 is 1.29 bits per heavy atom. The van der Waals surface area contributed by atoms with Crippen LogP contribution in [0.3, 0.4) is 0 Å². The van der Waals surface area contributed by atoms with Crippen LogP contribution in [0.4, 0.5) is 5.69 Å². The summed E-state index contributed by atoms with van der Waals surface area (Å²) >= 11 is 5.85. The van der Waals surface area contributed by atoms with Gasteiger partial charge in [-0.1, -0.05) is 25.4 Å². The molecule has 0 aliphatic heterocycles. The van der Waals surface area contributed by atoms with Crippen molar-refractivity contribution in [2.45, 2.75) is 13.8 Å². The standard InChI is InChI=1S/C13H16ClN3O4/c1-8(2)12(18)15-5-6-16-13(19)10-7-9(17(20)21)3-4-11(10)14/h3-4,7-8H,5-6H2,1-2H3,(H,15,18)(H,16,19). The van der Waals surface area contributed by atoms with E-state index in [1.165, 1.54) is 12.1 Å². The molecule has 1 rings (SSSR count). The molecule has 0 atom stereocenters. The first-order valence-electron chi connectivity index (χ1n) is 6.32. The van der Waals surface area contributed by atoms with Crippen LogP contribution in [0.5, 0.6) is 0 Å². The van der Waals surface area contributed by atoms with Crippen molar-refractivity contribution in [3.63, 3.8) is 0 Å². The fourth-order valence-corrected chi connectivity index (χ4v) is 1.67. The lowest BCUT2D eigenvalue weighted by atomic mass is 10.2. The first-order chi connectivity index (χ1) is 9.82. The number of rotatable bonds is 6. The molecule has 2 amide bonds. The molecule has 1 aromatic carbocycles. The van der Waals surface area contributed by atoms with Gasteiger partial charge >= 0.3 is 0 Å². The first kappa shape index (κ1) is 16.9. The summed E-state index contributed by atoms with van der Waals surface area (Å²) < 4.78 is 0. The zero-order chi connectivity index (χ0) is 16.0. The number of halogens is 1. The molecule has 0 radical (unpaired) electrons. The summed E-state index contributed by atoms with van der Waals surface area (Å²) in [7, 11) is 0. The minimum Gasteiger partial charge on any atom is -0.354 e. The third-order valence-corrected chi connectivity index (χ3v) is 2.97. The lowest BCUT2D eigenvalue weighted by Crippen LogP contribution is -2.36. The molecule has 0 aliphatic carbocycles. The average molecular weight is 314 g/mol. The number of nitrogens with one attached hydrogen (secondary N) is 2. The SMILES string of the molecule is CC(C)C(=O)NCCNC(=O)c1cc([N+](=O)[O-])ccc1Cl. The lowest BCUT2D eigenvalue weighted by molar-refractivity contribution is -0.384. The van der Waals surface area contributed by atoms with Crippen LogP contribution in [-0.4, -0.2) is 29.8 Å². The monoisotopic (exact) mass is 313 g/mol. The summed E-state index contributed by atoms with van der Waals surface area (Å²) in [5.41, 5.74) is -0.182. The Kier molecular flexibility index (Phi) is 6.10. The molecular weight excluding hydrogens is 298 g/mol. The third kappa shape index (κ3) is 5.03. The molecule has 0 spiro atoms. The smallest absolute Gasteiger partial charge is 0.270 e. The minimum absolute atomic E-state index is 0.0288. The molecule has 21 heavy (non-hydrogen) atoms. The van der Waals surface area contributed by atoms with Crippen LogP contribution in [0, 0.1) is 16.0 Å². The number of carbonyl (C=O) groups excluding carboxylic acids is 2. The predicted octanol–water partition coefficient (Wildman–Crippen LogP) is 1.75. The molecule has 0 fully saturated rings. The van der Waals surface area contributed by atoms with Gasteiger partial charge in [-0.2, -0.15) is 0 Å². The van der Waals surface area contributed by atoms with E-state index in [9.17, 15) is 19.7 Å². The van der Waals surface area contributed by atoms with Crippen LogP contribution < -0.4 is 10.6 Å². The second-order valence-electron chi connectivity index (χ2n) is 4.62. The van der Waals surface area contributed by atoms with Crippen LogP contribution in [0.25, 0.3) is 0 Å². The number of nitro benzene ring substituents is 1. The maximum Gasteiger partial charge on any atom is 0.270 e. The summed E-state index contributed by atoms with van der Waals surface area (Å²) in [6, 6.07) is 3.64. The normalized spacial score (nSPS) is 10.3. The third-order valence-electron chi connectivity index (χ3n) is 2.64. The Bertz CT molecular complexity index is 560. The maximum absolute atomic E-state index is 11.9. The maximum atomic E-state index is 11.9. The van der Waals surface area contributed by atoms with Crippen molar-refractivity contribution in [1.82, 2.24) is 10.6 Å². The number of hydrogen-bond donors (Lipinski definition) is 2. The molecule has 0 bridgehead atoms. The van der Waals surface area contributed by atoms with E-state index in [4.69, 9.17) is 11.6 Å². The molecule has 7 nitrogen and oxygen atoms in total. The van der Waals surface area contributed by atoms with Gasteiger partial charge in [0.2, 0.25) is 5.91 Å². The summed E-state index contributed by atoms with van der Waals surface area (Å²) in [6.45, 7) is 4.00. The molecule has 114 valence electrons. The number of non-ortho nitro benzene ring substituents is 1. The highest BCUT2D eigenvalue weighted by molar-refractivity contribution is 6.33. The highest BCUT2D eigenvalue weighted by Gasteiger charge is 2.15. The largest absolute Gasteiger partial charge is 0.354 e. The van der Waals surface area contributed by atoms with E-state index in [0.717, 1.165) is 6.07 Å². The minimum atomic E-state index is -0.601. The summed E-state index contributed by atoms with van der Waals surface area (Å²) in [6.07, 6.45) is 0. The van der Waals surface area contributed by atoms with Gasteiger partial charge < -0.3 is 10.6 Å². The van der Waals surface area contributed by atoms with E-state index in [2.05, 4.69) is 10.6 Å². The number of carbonyl (C=O) groups is 2. The molecule has 0 saturated carbocycles. The second-order valence-corrected chi connectivity index (χ2v) is 5.03. The Morgan fingerprint density at radius 2 is 1.90 bits per heavy atom. The van der Waals surface area contributed by atoms with E-state index in [0.29, 0.717) is 0 Å². The number of amides is 2. The number of nitro groups is 1. The topological polar surface area (TPSA) is 101 Å². The summed E-state index contributed by atoms with van der Waals surface area (Å²) in [5, 5.41) is 16.0. The molecule has 0 heterocycles. The zero-order valence-electron chi connectivity index (χ0n) is 11.7. The Labute approximate surface area is 126 Å². The van der Waals surface area contributed by atoms with Gasteiger partial charge in [0.05, 0.1) is 15.5 Å². The van der Waals surface area contributed by atoms with E-state index >= 15 is 0 Å². The van der Waals surface area contributed by atoms with Crippen molar-refractivity contribution in [2.75, 3.05) is 13.1 Å². The van der Waals surface area contributed by atoms with E-state index in [1.54, 1.807) is 13.8 Å². The van der Waals surface area contributed by atoms with Gasteiger partial charge in [0.15, 0.2) is 0 Å². The van der Waals surface area contributed by atoms with E-state index < -0.39 is 10.8 Å².